The first-order valence-corrected chi connectivity index (χ1v) is 32.5. The third-order valence-corrected chi connectivity index (χ3v) is 15.0. The zero-order valence-electron chi connectivity index (χ0n) is 48.4. The van der Waals surface area contributed by atoms with Gasteiger partial charge in [0.2, 0.25) is 5.91 Å². The summed E-state index contributed by atoms with van der Waals surface area (Å²) in [5.41, 5.74) is 0. The number of quaternary nitrogens is 1. The van der Waals surface area contributed by atoms with Crippen molar-refractivity contribution >= 4 is 13.7 Å². The number of carbonyl (C=O) groups excluding carboxylic acids is 1. The zero-order valence-corrected chi connectivity index (χ0v) is 49.3. The van der Waals surface area contributed by atoms with E-state index in [0.29, 0.717) is 17.4 Å². The lowest BCUT2D eigenvalue weighted by atomic mass is 10.0. The molecule has 0 rings (SSSR count). The second kappa shape index (κ2) is 54.3. The van der Waals surface area contributed by atoms with Crippen molar-refractivity contribution in [3.8, 4) is 0 Å². The molecule has 0 aromatic rings. The molecule has 0 aromatic heterocycles. The molecule has 3 unspecified atom stereocenters. The summed E-state index contributed by atoms with van der Waals surface area (Å²) in [4.78, 5) is 25.5. The van der Waals surface area contributed by atoms with Gasteiger partial charge in [-0.2, -0.15) is 0 Å². The SMILES string of the molecule is CCCCCCC/C=C\C/C=C\CCCCCCCCCCCCCCCCCCCCCCCCCCCC(=O)NC(COP(=O)([O-])OCC[N+](C)(C)C)C(O)/C=C/CC/C=C/CCCCCCCCC. The average molecular weight is 1030 g/mol. The number of amides is 1. The third kappa shape index (κ3) is 56.2. The van der Waals surface area contributed by atoms with Crippen LogP contribution in [0.15, 0.2) is 48.6 Å². The lowest BCUT2D eigenvalue weighted by Gasteiger charge is -2.29. The summed E-state index contributed by atoms with van der Waals surface area (Å²) in [5.74, 6) is -0.204. The number of nitrogens with one attached hydrogen (secondary N) is 1. The predicted molar refractivity (Wildman–Crippen MR) is 311 cm³/mol. The molecule has 424 valence electrons. The van der Waals surface area contributed by atoms with Crippen molar-refractivity contribution in [3.63, 3.8) is 0 Å². The summed E-state index contributed by atoms with van der Waals surface area (Å²) in [6, 6.07) is -0.901. The van der Waals surface area contributed by atoms with Crippen LogP contribution in [-0.2, 0) is 18.4 Å². The fourth-order valence-corrected chi connectivity index (χ4v) is 9.87. The van der Waals surface area contributed by atoms with Crippen LogP contribution in [0.2, 0.25) is 0 Å². The number of unbranched alkanes of at least 4 members (excludes halogenated alkanes) is 38. The highest BCUT2D eigenvalue weighted by atomic mass is 31.2. The standard InChI is InChI=1S/C63H121N2O6P/c1-6-8-10-12-14-16-18-20-21-22-23-24-25-26-27-28-29-30-31-32-33-34-35-36-37-38-39-40-41-42-43-45-47-49-51-53-55-57-63(67)64-61(60-71-72(68,69)70-59-58-65(3,4)5)62(66)56-54-52-50-48-46-44-19-17-15-13-11-9-7-2/h18,20,22-23,46,48,54,56,61-62,66H,6-17,19,21,24-45,47,49-53,55,57-60H2,1-5H3,(H-,64,67,68,69)/b20-18-,23-22-,48-46+,56-54+. The Labute approximate surface area is 448 Å². The monoisotopic (exact) mass is 1030 g/mol. The van der Waals surface area contributed by atoms with Gasteiger partial charge in [0.1, 0.15) is 13.2 Å². The summed E-state index contributed by atoms with van der Waals surface area (Å²) in [7, 11) is 1.25. The molecule has 2 N–H and O–H groups in total. The van der Waals surface area contributed by atoms with E-state index in [1.165, 1.54) is 231 Å². The number of likely N-dealkylation sites (N-methyl/N-ethyl adjacent to an activating group) is 1. The molecule has 0 fully saturated rings. The summed E-state index contributed by atoms with van der Waals surface area (Å²) < 4.78 is 23.3. The Hall–Kier alpha value is -1.54. The van der Waals surface area contributed by atoms with E-state index in [-0.39, 0.29) is 12.5 Å². The quantitative estimate of drug-likeness (QED) is 0.0272. The second-order valence-electron chi connectivity index (χ2n) is 22.4. The molecule has 0 aliphatic rings. The van der Waals surface area contributed by atoms with Gasteiger partial charge in [-0.3, -0.25) is 9.36 Å². The van der Waals surface area contributed by atoms with Crippen LogP contribution in [0.3, 0.4) is 0 Å². The van der Waals surface area contributed by atoms with Crippen molar-refractivity contribution in [2.24, 2.45) is 0 Å². The van der Waals surface area contributed by atoms with E-state index in [1.807, 2.05) is 27.2 Å². The van der Waals surface area contributed by atoms with Gasteiger partial charge in [0.25, 0.3) is 7.82 Å². The molecule has 3 atom stereocenters. The first kappa shape index (κ1) is 70.5. The first-order chi connectivity index (χ1) is 35.0. The van der Waals surface area contributed by atoms with Gasteiger partial charge >= 0.3 is 0 Å². The van der Waals surface area contributed by atoms with Crippen molar-refractivity contribution in [1.82, 2.24) is 5.32 Å². The molecular formula is C63H121N2O6P. The lowest BCUT2D eigenvalue weighted by molar-refractivity contribution is -0.870. The Morgan fingerprint density at radius 1 is 0.486 bits per heavy atom. The van der Waals surface area contributed by atoms with Crippen molar-refractivity contribution in [2.75, 3.05) is 40.9 Å². The van der Waals surface area contributed by atoms with Gasteiger partial charge in [-0.15, -0.1) is 0 Å². The van der Waals surface area contributed by atoms with Crippen LogP contribution in [0.4, 0.5) is 0 Å². The molecule has 72 heavy (non-hydrogen) atoms. The molecule has 0 bridgehead atoms. The molecule has 0 spiro atoms. The molecule has 0 aliphatic carbocycles. The average Bonchev–Trinajstić information content (AvgIpc) is 3.34. The van der Waals surface area contributed by atoms with Gasteiger partial charge in [-0.1, -0.05) is 274 Å². The largest absolute Gasteiger partial charge is 0.756 e. The van der Waals surface area contributed by atoms with Gasteiger partial charge in [0.15, 0.2) is 0 Å². The molecule has 0 radical (unpaired) electrons. The maximum atomic E-state index is 12.9. The number of hydrogen-bond acceptors (Lipinski definition) is 6. The maximum absolute atomic E-state index is 12.9. The summed E-state index contributed by atoms with van der Waals surface area (Å²) in [6.45, 7) is 4.63. The van der Waals surface area contributed by atoms with Crippen LogP contribution < -0.4 is 10.2 Å². The number of hydrogen-bond donors (Lipinski definition) is 2. The Morgan fingerprint density at radius 2 is 0.819 bits per heavy atom. The minimum Gasteiger partial charge on any atom is -0.756 e. The van der Waals surface area contributed by atoms with E-state index in [4.69, 9.17) is 9.05 Å². The van der Waals surface area contributed by atoms with E-state index in [1.54, 1.807) is 6.08 Å². The molecule has 0 aromatic carbocycles. The number of carbonyl (C=O) groups is 1. The molecule has 9 heteroatoms. The smallest absolute Gasteiger partial charge is 0.268 e. The van der Waals surface area contributed by atoms with Gasteiger partial charge in [-0.05, 0) is 64.2 Å². The van der Waals surface area contributed by atoms with E-state index < -0.39 is 26.6 Å². The predicted octanol–water partition coefficient (Wildman–Crippen LogP) is 18.5. The Morgan fingerprint density at radius 3 is 1.21 bits per heavy atom. The number of aliphatic hydroxyl groups is 1. The molecule has 0 heterocycles. The number of aliphatic hydroxyl groups excluding tert-OH is 1. The minimum absolute atomic E-state index is 0.00535. The van der Waals surface area contributed by atoms with Crippen molar-refractivity contribution in [3.05, 3.63) is 48.6 Å². The van der Waals surface area contributed by atoms with Crippen LogP contribution in [0, 0.1) is 0 Å². The van der Waals surface area contributed by atoms with Gasteiger partial charge < -0.3 is 28.8 Å². The number of allylic oxidation sites excluding steroid dienone is 7. The normalized spacial score (nSPS) is 14.2. The number of rotatable bonds is 57. The molecule has 0 aliphatic heterocycles. The Kier molecular flexibility index (Phi) is 53.1. The van der Waals surface area contributed by atoms with Gasteiger partial charge in [0, 0.05) is 6.42 Å². The molecule has 1 amide bonds. The van der Waals surface area contributed by atoms with E-state index in [0.717, 1.165) is 44.9 Å². The fraction of sp³-hybridized carbons (Fsp3) is 0.857. The molecular weight excluding hydrogens is 912 g/mol. The second-order valence-corrected chi connectivity index (χ2v) is 23.8. The lowest BCUT2D eigenvalue weighted by Crippen LogP contribution is -2.45. The Balaban J connectivity index is 3.92. The highest BCUT2D eigenvalue weighted by Gasteiger charge is 2.23. The van der Waals surface area contributed by atoms with Crippen LogP contribution >= 0.6 is 7.82 Å². The number of phosphoric acid groups is 1. The van der Waals surface area contributed by atoms with Crippen LogP contribution in [0.5, 0.6) is 0 Å². The van der Waals surface area contributed by atoms with E-state index in [9.17, 15) is 19.4 Å². The summed E-state index contributed by atoms with van der Waals surface area (Å²) in [5, 5.41) is 13.8. The number of nitrogens with zero attached hydrogens (tertiary/aromatic N) is 1. The summed E-state index contributed by atoms with van der Waals surface area (Å²) in [6.07, 6.45) is 72.3. The number of phosphoric ester groups is 1. The van der Waals surface area contributed by atoms with Crippen molar-refractivity contribution in [1.29, 1.82) is 0 Å². The highest BCUT2D eigenvalue weighted by Crippen LogP contribution is 2.38. The van der Waals surface area contributed by atoms with E-state index in [2.05, 4.69) is 55.6 Å². The zero-order chi connectivity index (χ0) is 52.7. The van der Waals surface area contributed by atoms with Gasteiger partial charge in [0.05, 0.1) is 39.9 Å². The van der Waals surface area contributed by atoms with Crippen LogP contribution in [0.25, 0.3) is 0 Å². The molecule has 0 saturated carbocycles. The molecule has 0 saturated heterocycles. The molecule has 8 nitrogen and oxygen atoms in total. The maximum Gasteiger partial charge on any atom is 0.268 e. The fourth-order valence-electron chi connectivity index (χ4n) is 9.14. The van der Waals surface area contributed by atoms with E-state index >= 15 is 0 Å². The Bertz CT molecular complexity index is 1310. The topological polar surface area (TPSA) is 108 Å². The van der Waals surface area contributed by atoms with Crippen molar-refractivity contribution in [2.45, 2.75) is 309 Å². The minimum atomic E-state index is -4.60. The third-order valence-electron chi connectivity index (χ3n) is 14.0. The first-order valence-electron chi connectivity index (χ1n) is 31.0. The van der Waals surface area contributed by atoms with Gasteiger partial charge in [-0.25, -0.2) is 0 Å². The van der Waals surface area contributed by atoms with Crippen LogP contribution in [0.1, 0.15) is 296 Å². The summed E-state index contributed by atoms with van der Waals surface area (Å²) >= 11 is 0. The van der Waals surface area contributed by atoms with Crippen molar-refractivity contribution < 1.29 is 32.9 Å². The highest BCUT2D eigenvalue weighted by molar-refractivity contribution is 7.45. The van der Waals surface area contributed by atoms with Crippen LogP contribution in [-0.4, -0.2) is 68.5 Å².